The molecule has 0 saturated heterocycles. The Labute approximate surface area is 152 Å². The third-order valence-corrected chi connectivity index (χ3v) is 3.81. The fourth-order valence-corrected chi connectivity index (χ4v) is 2.48. The predicted octanol–water partition coefficient (Wildman–Crippen LogP) is 3.51. The topological polar surface area (TPSA) is 79.9 Å². The minimum Gasteiger partial charge on any atom is -0.497 e. The maximum Gasteiger partial charge on any atom is 0.412 e. The molecule has 2 heterocycles. The van der Waals surface area contributed by atoms with E-state index >= 15 is 0 Å². The third kappa shape index (κ3) is 4.25. The average molecular weight is 376 g/mol. The van der Waals surface area contributed by atoms with Crippen molar-refractivity contribution in [3.8, 4) is 17.0 Å². The molecule has 0 aliphatic carbocycles. The van der Waals surface area contributed by atoms with E-state index in [1.54, 1.807) is 24.3 Å². The highest BCUT2D eigenvalue weighted by molar-refractivity contribution is 5.93. The molecule has 1 atom stereocenters. The second-order valence-electron chi connectivity index (χ2n) is 5.63. The number of rotatable bonds is 5. The molecule has 0 bridgehead atoms. The number of hydrogen-bond acceptors (Lipinski definition) is 4. The van der Waals surface area contributed by atoms with Crippen LogP contribution in [-0.2, 0) is 0 Å². The predicted molar refractivity (Wildman–Crippen MR) is 91.1 cm³/mol. The summed E-state index contributed by atoms with van der Waals surface area (Å²) in [6, 6.07) is 8.75. The number of aromatic nitrogens is 3. The number of aromatic amines is 1. The van der Waals surface area contributed by atoms with Crippen molar-refractivity contribution in [2.75, 3.05) is 7.11 Å². The Bertz CT molecular complexity index is 926. The number of amides is 1. The number of benzene rings is 1. The second kappa shape index (κ2) is 7.48. The third-order valence-electron chi connectivity index (χ3n) is 3.81. The summed E-state index contributed by atoms with van der Waals surface area (Å²) in [7, 11) is 1.51. The van der Waals surface area contributed by atoms with Crippen LogP contribution in [0, 0.1) is 0 Å². The highest BCUT2D eigenvalue weighted by Gasteiger charge is 2.42. The number of halogens is 3. The standard InChI is InChI=1S/C18H15F3N4O2/c1-27-13-6-2-4-11(8-13)14-9-15(25-24-14)17(26)23-16(18(19,20)21)12-5-3-7-22-10-12/h2-10,16H,1H3,(H,23,26)(H,24,25)/t16-/m0/s1. The zero-order valence-corrected chi connectivity index (χ0v) is 14.1. The van der Waals surface area contributed by atoms with Gasteiger partial charge in [0, 0.05) is 23.5 Å². The van der Waals surface area contributed by atoms with Crippen LogP contribution in [-0.4, -0.2) is 34.4 Å². The van der Waals surface area contributed by atoms with E-state index in [0.717, 1.165) is 6.20 Å². The second-order valence-corrected chi connectivity index (χ2v) is 5.63. The molecule has 0 aliphatic rings. The number of carbonyl (C=O) groups excluding carboxylic acids is 1. The van der Waals surface area contributed by atoms with E-state index in [9.17, 15) is 18.0 Å². The van der Waals surface area contributed by atoms with Gasteiger partial charge in [0.2, 0.25) is 0 Å². The SMILES string of the molecule is COc1cccc(-c2cc(C(=O)N[C@@H](c3cccnc3)C(F)(F)F)[nH]n2)c1. The fourth-order valence-electron chi connectivity index (χ4n) is 2.48. The Morgan fingerprint density at radius 2 is 2.04 bits per heavy atom. The van der Waals surface area contributed by atoms with Crippen LogP contribution in [0.25, 0.3) is 11.3 Å². The highest BCUT2D eigenvalue weighted by Crippen LogP contribution is 2.32. The van der Waals surface area contributed by atoms with Crippen molar-refractivity contribution in [2.45, 2.75) is 12.2 Å². The number of methoxy groups -OCH3 is 1. The molecule has 1 aromatic carbocycles. The molecule has 0 aliphatic heterocycles. The number of alkyl halides is 3. The van der Waals surface area contributed by atoms with Gasteiger partial charge in [-0.05, 0) is 24.3 Å². The molecule has 2 aromatic heterocycles. The molecule has 2 N–H and O–H groups in total. The van der Waals surface area contributed by atoms with Crippen LogP contribution in [0.2, 0.25) is 0 Å². The average Bonchev–Trinajstić information content (AvgIpc) is 3.16. The number of nitrogens with zero attached hydrogens (tertiary/aromatic N) is 2. The largest absolute Gasteiger partial charge is 0.497 e. The molecule has 27 heavy (non-hydrogen) atoms. The molecule has 140 valence electrons. The number of pyridine rings is 1. The van der Waals surface area contributed by atoms with Crippen LogP contribution in [0.4, 0.5) is 13.2 Å². The van der Waals surface area contributed by atoms with Gasteiger partial charge in [0.15, 0.2) is 6.04 Å². The van der Waals surface area contributed by atoms with Crippen molar-refractivity contribution in [1.82, 2.24) is 20.5 Å². The first-order valence-electron chi connectivity index (χ1n) is 7.86. The summed E-state index contributed by atoms with van der Waals surface area (Å²) in [5, 5.41) is 8.43. The molecular weight excluding hydrogens is 361 g/mol. The van der Waals surface area contributed by atoms with Gasteiger partial charge < -0.3 is 10.1 Å². The van der Waals surface area contributed by atoms with E-state index in [4.69, 9.17) is 4.74 Å². The Morgan fingerprint density at radius 1 is 1.22 bits per heavy atom. The van der Waals surface area contributed by atoms with Crippen molar-refractivity contribution < 1.29 is 22.7 Å². The molecule has 0 unspecified atom stereocenters. The highest BCUT2D eigenvalue weighted by atomic mass is 19.4. The zero-order valence-electron chi connectivity index (χ0n) is 14.1. The van der Waals surface area contributed by atoms with Crippen molar-refractivity contribution in [3.63, 3.8) is 0 Å². The minimum atomic E-state index is -4.67. The van der Waals surface area contributed by atoms with Crippen LogP contribution < -0.4 is 10.1 Å². The first kappa shape index (κ1) is 18.4. The Kier molecular flexibility index (Phi) is 5.11. The summed E-state index contributed by atoms with van der Waals surface area (Å²) in [6.45, 7) is 0. The first-order chi connectivity index (χ1) is 12.9. The van der Waals surface area contributed by atoms with Gasteiger partial charge in [-0.15, -0.1) is 0 Å². The number of nitrogens with one attached hydrogen (secondary N) is 2. The van der Waals surface area contributed by atoms with E-state index < -0.39 is 18.1 Å². The van der Waals surface area contributed by atoms with Gasteiger partial charge >= 0.3 is 6.18 Å². The lowest BCUT2D eigenvalue weighted by Crippen LogP contribution is -2.38. The lowest BCUT2D eigenvalue weighted by Gasteiger charge is -2.21. The molecule has 0 saturated carbocycles. The van der Waals surface area contributed by atoms with Crippen molar-refractivity contribution in [3.05, 3.63) is 66.1 Å². The van der Waals surface area contributed by atoms with Gasteiger partial charge in [0.25, 0.3) is 5.91 Å². The maximum absolute atomic E-state index is 13.4. The molecule has 0 fully saturated rings. The van der Waals surface area contributed by atoms with E-state index in [0.29, 0.717) is 17.0 Å². The normalized spacial score (nSPS) is 12.4. The lowest BCUT2D eigenvalue weighted by atomic mass is 10.1. The summed E-state index contributed by atoms with van der Waals surface area (Å²) in [4.78, 5) is 16.0. The Hall–Kier alpha value is -3.36. The summed E-state index contributed by atoms with van der Waals surface area (Å²) in [6.07, 6.45) is -2.25. The molecule has 0 radical (unpaired) electrons. The van der Waals surface area contributed by atoms with Crippen molar-refractivity contribution >= 4 is 5.91 Å². The zero-order chi connectivity index (χ0) is 19.4. The van der Waals surface area contributed by atoms with E-state index in [1.807, 2.05) is 5.32 Å². The monoisotopic (exact) mass is 376 g/mol. The number of H-pyrrole nitrogens is 1. The molecule has 0 spiro atoms. The molecule has 6 nitrogen and oxygen atoms in total. The molecule has 1 amide bonds. The van der Waals surface area contributed by atoms with Crippen LogP contribution in [0.3, 0.4) is 0 Å². The molecular formula is C18H15F3N4O2. The van der Waals surface area contributed by atoms with Gasteiger partial charge in [-0.3, -0.25) is 14.9 Å². The number of ether oxygens (including phenoxy) is 1. The van der Waals surface area contributed by atoms with Gasteiger partial charge in [-0.2, -0.15) is 18.3 Å². The first-order valence-corrected chi connectivity index (χ1v) is 7.86. The summed E-state index contributed by atoms with van der Waals surface area (Å²) in [5.41, 5.74) is 0.810. The van der Waals surface area contributed by atoms with Crippen molar-refractivity contribution in [1.29, 1.82) is 0 Å². The van der Waals surface area contributed by atoms with E-state index in [-0.39, 0.29) is 11.3 Å². The lowest BCUT2D eigenvalue weighted by molar-refractivity contribution is -0.155. The van der Waals surface area contributed by atoms with E-state index in [2.05, 4.69) is 15.2 Å². The number of carbonyl (C=O) groups is 1. The molecule has 9 heteroatoms. The van der Waals surface area contributed by atoms with Gasteiger partial charge in [-0.25, -0.2) is 0 Å². The number of hydrogen-bond donors (Lipinski definition) is 2. The minimum absolute atomic E-state index is 0.0917. The Balaban J connectivity index is 1.82. The van der Waals surface area contributed by atoms with Crippen molar-refractivity contribution in [2.24, 2.45) is 0 Å². The van der Waals surface area contributed by atoms with Crippen LogP contribution >= 0.6 is 0 Å². The van der Waals surface area contributed by atoms with Gasteiger partial charge in [0.1, 0.15) is 11.4 Å². The Morgan fingerprint density at radius 3 is 2.70 bits per heavy atom. The van der Waals surface area contributed by atoms with Crippen LogP contribution in [0.5, 0.6) is 5.75 Å². The molecule has 3 aromatic rings. The summed E-state index contributed by atoms with van der Waals surface area (Å²) in [5.74, 6) is -0.335. The maximum atomic E-state index is 13.4. The van der Waals surface area contributed by atoms with E-state index in [1.165, 1.54) is 31.5 Å². The van der Waals surface area contributed by atoms with Gasteiger partial charge in [0.05, 0.1) is 12.8 Å². The summed E-state index contributed by atoms with van der Waals surface area (Å²) < 4.78 is 45.2. The summed E-state index contributed by atoms with van der Waals surface area (Å²) >= 11 is 0. The van der Waals surface area contributed by atoms with Crippen LogP contribution in [0.1, 0.15) is 22.1 Å². The molecule has 3 rings (SSSR count). The quantitative estimate of drug-likeness (QED) is 0.714. The smallest absolute Gasteiger partial charge is 0.412 e. The fraction of sp³-hybridized carbons (Fsp3) is 0.167. The van der Waals surface area contributed by atoms with Gasteiger partial charge in [-0.1, -0.05) is 18.2 Å². The van der Waals surface area contributed by atoms with Crippen LogP contribution in [0.15, 0.2) is 54.9 Å².